The molecule has 1 aromatic carbocycles. The maximum Gasteiger partial charge on any atom is 0.329 e. The van der Waals surface area contributed by atoms with Crippen LogP contribution in [-0.4, -0.2) is 17.9 Å². The summed E-state index contributed by atoms with van der Waals surface area (Å²) in [6, 6.07) is 8.97. The highest BCUT2D eigenvalue weighted by atomic mass is 16.5. The quantitative estimate of drug-likeness (QED) is 0.606. The Labute approximate surface area is 93.6 Å². The SMILES string of the molecule is CC1C(=O)NC1C(=O)OCc1ccccc1. The molecule has 2 unspecified atom stereocenters. The molecule has 1 heterocycles. The van der Waals surface area contributed by atoms with Gasteiger partial charge in [0, 0.05) is 0 Å². The molecular formula is C12H13NO3. The molecule has 1 aromatic rings. The van der Waals surface area contributed by atoms with E-state index < -0.39 is 6.04 Å². The standard InChI is InChI=1S/C12H13NO3/c1-8-10(13-11(8)14)12(15)16-7-9-5-3-2-4-6-9/h2-6,8,10H,7H2,1H3,(H,13,14). The Bertz CT molecular complexity index is 402. The highest BCUT2D eigenvalue weighted by Crippen LogP contribution is 2.15. The monoisotopic (exact) mass is 219 g/mol. The minimum absolute atomic E-state index is 0.0957. The van der Waals surface area contributed by atoms with Crippen LogP contribution in [0.4, 0.5) is 0 Å². The van der Waals surface area contributed by atoms with Gasteiger partial charge < -0.3 is 10.1 Å². The van der Waals surface area contributed by atoms with Crippen LogP contribution in [0.1, 0.15) is 12.5 Å². The second-order valence-corrected chi connectivity index (χ2v) is 3.87. The number of ether oxygens (including phenoxy) is 1. The molecule has 4 nitrogen and oxygen atoms in total. The zero-order chi connectivity index (χ0) is 11.5. The van der Waals surface area contributed by atoms with E-state index in [-0.39, 0.29) is 24.4 Å². The third-order valence-electron chi connectivity index (χ3n) is 2.69. The zero-order valence-electron chi connectivity index (χ0n) is 8.97. The average Bonchev–Trinajstić information content (AvgIpc) is 2.33. The molecule has 0 radical (unpaired) electrons. The van der Waals surface area contributed by atoms with Crippen molar-refractivity contribution in [1.82, 2.24) is 5.32 Å². The Morgan fingerprint density at radius 3 is 2.62 bits per heavy atom. The lowest BCUT2D eigenvalue weighted by atomic mass is 9.93. The number of hydrogen-bond donors (Lipinski definition) is 1. The fraction of sp³-hybridized carbons (Fsp3) is 0.333. The van der Waals surface area contributed by atoms with E-state index in [4.69, 9.17) is 4.74 Å². The molecule has 1 amide bonds. The van der Waals surface area contributed by atoms with Gasteiger partial charge in [0.25, 0.3) is 0 Å². The van der Waals surface area contributed by atoms with Crippen molar-refractivity contribution in [1.29, 1.82) is 0 Å². The van der Waals surface area contributed by atoms with Crippen molar-refractivity contribution in [3.63, 3.8) is 0 Å². The summed E-state index contributed by atoms with van der Waals surface area (Å²) in [5.74, 6) is -0.735. The summed E-state index contributed by atoms with van der Waals surface area (Å²) in [5, 5.41) is 2.52. The summed E-state index contributed by atoms with van der Waals surface area (Å²) in [5.41, 5.74) is 0.939. The minimum Gasteiger partial charge on any atom is -0.459 e. The topological polar surface area (TPSA) is 55.4 Å². The predicted molar refractivity (Wildman–Crippen MR) is 57.3 cm³/mol. The number of β-lactam (4-membered cyclic amide) rings is 1. The number of amides is 1. The molecular weight excluding hydrogens is 206 g/mol. The van der Waals surface area contributed by atoms with Gasteiger partial charge in [-0.05, 0) is 5.56 Å². The molecule has 0 aromatic heterocycles. The van der Waals surface area contributed by atoms with Gasteiger partial charge in [-0.25, -0.2) is 4.79 Å². The van der Waals surface area contributed by atoms with Crippen molar-refractivity contribution in [3.05, 3.63) is 35.9 Å². The number of esters is 1. The van der Waals surface area contributed by atoms with Crippen molar-refractivity contribution in [2.45, 2.75) is 19.6 Å². The van der Waals surface area contributed by atoms with E-state index in [1.54, 1.807) is 6.92 Å². The van der Waals surface area contributed by atoms with E-state index in [1.807, 2.05) is 30.3 Å². The number of rotatable bonds is 3. The summed E-state index contributed by atoms with van der Waals surface area (Å²) in [7, 11) is 0. The predicted octanol–water partition coefficient (Wildman–Crippen LogP) is 0.864. The van der Waals surface area contributed by atoms with Crippen LogP contribution in [0.5, 0.6) is 0 Å². The smallest absolute Gasteiger partial charge is 0.329 e. The Balaban J connectivity index is 1.83. The number of carbonyl (C=O) groups is 2. The highest BCUT2D eigenvalue weighted by Gasteiger charge is 2.41. The summed E-state index contributed by atoms with van der Waals surface area (Å²) in [6.07, 6.45) is 0. The first-order valence-electron chi connectivity index (χ1n) is 5.19. The Morgan fingerprint density at radius 2 is 2.06 bits per heavy atom. The van der Waals surface area contributed by atoms with Crippen LogP contribution < -0.4 is 5.32 Å². The van der Waals surface area contributed by atoms with Crippen LogP contribution in [0, 0.1) is 5.92 Å². The summed E-state index contributed by atoms with van der Waals surface area (Å²) in [4.78, 5) is 22.4. The van der Waals surface area contributed by atoms with Gasteiger partial charge in [0.05, 0.1) is 5.92 Å². The van der Waals surface area contributed by atoms with E-state index in [0.29, 0.717) is 0 Å². The highest BCUT2D eigenvalue weighted by molar-refractivity contribution is 5.96. The molecule has 84 valence electrons. The maximum absolute atomic E-state index is 11.5. The van der Waals surface area contributed by atoms with Gasteiger partial charge in [0.1, 0.15) is 12.6 Å². The molecule has 2 rings (SSSR count). The molecule has 1 aliphatic rings. The van der Waals surface area contributed by atoms with Gasteiger partial charge in [-0.15, -0.1) is 0 Å². The molecule has 0 aliphatic carbocycles. The third-order valence-corrected chi connectivity index (χ3v) is 2.69. The largest absolute Gasteiger partial charge is 0.459 e. The Hall–Kier alpha value is -1.84. The number of benzene rings is 1. The molecule has 16 heavy (non-hydrogen) atoms. The number of carbonyl (C=O) groups excluding carboxylic acids is 2. The lowest BCUT2D eigenvalue weighted by Gasteiger charge is -2.31. The molecule has 1 saturated heterocycles. The Morgan fingerprint density at radius 1 is 1.38 bits per heavy atom. The fourth-order valence-electron chi connectivity index (χ4n) is 1.55. The first-order chi connectivity index (χ1) is 7.68. The Kier molecular flexibility index (Phi) is 2.90. The van der Waals surface area contributed by atoms with E-state index in [0.717, 1.165) is 5.56 Å². The van der Waals surface area contributed by atoms with Gasteiger partial charge >= 0.3 is 5.97 Å². The molecule has 1 N–H and O–H groups in total. The second kappa shape index (κ2) is 4.35. The van der Waals surface area contributed by atoms with Crippen LogP contribution in [0.3, 0.4) is 0 Å². The van der Waals surface area contributed by atoms with Crippen LogP contribution in [0.25, 0.3) is 0 Å². The number of hydrogen-bond acceptors (Lipinski definition) is 3. The fourth-order valence-corrected chi connectivity index (χ4v) is 1.55. The van der Waals surface area contributed by atoms with Crippen LogP contribution in [0.15, 0.2) is 30.3 Å². The van der Waals surface area contributed by atoms with Crippen LogP contribution in [0.2, 0.25) is 0 Å². The lowest BCUT2D eigenvalue weighted by molar-refractivity contribution is -0.158. The summed E-state index contributed by atoms with van der Waals surface area (Å²) < 4.78 is 5.10. The van der Waals surface area contributed by atoms with Crippen molar-refractivity contribution >= 4 is 11.9 Å². The van der Waals surface area contributed by atoms with Crippen molar-refractivity contribution in [2.75, 3.05) is 0 Å². The van der Waals surface area contributed by atoms with Crippen molar-refractivity contribution < 1.29 is 14.3 Å². The van der Waals surface area contributed by atoms with Gasteiger partial charge in [0.15, 0.2) is 0 Å². The van der Waals surface area contributed by atoms with E-state index in [9.17, 15) is 9.59 Å². The van der Waals surface area contributed by atoms with Gasteiger partial charge in [-0.3, -0.25) is 4.79 Å². The van der Waals surface area contributed by atoms with Gasteiger partial charge in [0.2, 0.25) is 5.91 Å². The first-order valence-corrected chi connectivity index (χ1v) is 5.19. The normalized spacial score (nSPS) is 23.2. The van der Waals surface area contributed by atoms with E-state index >= 15 is 0 Å². The van der Waals surface area contributed by atoms with Crippen molar-refractivity contribution in [2.24, 2.45) is 5.92 Å². The summed E-state index contributed by atoms with van der Waals surface area (Å²) in [6.45, 7) is 1.96. The molecule has 0 spiro atoms. The molecule has 2 atom stereocenters. The molecule has 1 aliphatic heterocycles. The molecule has 1 fully saturated rings. The second-order valence-electron chi connectivity index (χ2n) is 3.87. The molecule has 4 heteroatoms. The van der Waals surface area contributed by atoms with Crippen molar-refractivity contribution in [3.8, 4) is 0 Å². The summed E-state index contributed by atoms with van der Waals surface area (Å²) >= 11 is 0. The number of nitrogens with one attached hydrogen (secondary N) is 1. The third kappa shape index (κ3) is 2.05. The lowest BCUT2D eigenvalue weighted by Crippen LogP contribution is -2.61. The zero-order valence-corrected chi connectivity index (χ0v) is 8.97. The molecule has 0 bridgehead atoms. The van der Waals surface area contributed by atoms with Crippen LogP contribution >= 0.6 is 0 Å². The minimum atomic E-state index is -0.476. The average molecular weight is 219 g/mol. The first kappa shape index (κ1) is 10.7. The molecule has 0 saturated carbocycles. The van der Waals surface area contributed by atoms with Gasteiger partial charge in [-0.2, -0.15) is 0 Å². The van der Waals surface area contributed by atoms with Crippen LogP contribution in [-0.2, 0) is 20.9 Å². The van der Waals surface area contributed by atoms with Gasteiger partial charge in [-0.1, -0.05) is 37.3 Å². The maximum atomic E-state index is 11.5. The van der Waals surface area contributed by atoms with E-state index in [2.05, 4.69) is 5.32 Å². The van der Waals surface area contributed by atoms with E-state index in [1.165, 1.54) is 0 Å².